The van der Waals surface area contributed by atoms with Crippen molar-refractivity contribution in [2.45, 2.75) is 39.8 Å². The highest BCUT2D eigenvalue weighted by atomic mass is 16.6. The van der Waals surface area contributed by atoms with Gasteiger partial charge in [-0.25, -0.2) is 0 Å². The zero-order valence-electron chi connectivity index (χ0n) is 11.1. The summed E-state index contributed by atoms with van der Waals surface area (Å²) in [5.41, 5.74) is 1.76. The molecule has 0 atom stereocenters. The predicted molar refractivity (Wildman–Crippen MR) is 66.5 cm³/mol. The zero-order chi connectivity index (χ0) is 13.2. The van der Waals surface area contributed by atoms with Crippen LogP contribution in [0.2, 0.25) is 0 Å². The number of aromatic nitrogens is 3. The molecule has 0 fully saturated rings. The molecule has 6 heteroatoms. The van der Waals surface area contributed by atoms with Gasteiger partial charge in [0.05, 0.1) is 5.69 Å². The van der Waals surface area contributed by atoms with Crippen molar-refractivity contribution in [2.24, 2.45) is 0 Å². The minimum absolute atomic E-state index is 0.0409. The van der Waals surface area contributed by atoms with E-state index in [2.05, 4.69) is 41.3 Å². The van der Waals surface area contributed by atoms with Crippen molar-refractivity contribution in [3.8, 4) is 12.0 Å². The molecule has 2 N–H and O–H groups in total. The van der Waals surface area contributed by atoms with E-state index in [9.17, 15) is 0 Å². The first-order valence-corrected chi connectivity index (χ1v) is 5.82. The second kappa shape index (κ2) is 4.81. The summed E-state index contributed by atoms with van der Waals surface area (Å²) in [5, 5.41) is 10.0. The number of aryl methyl sites for hydroxylation is 1. The summed E-state index contributed by atoms with van der Waals surface area (Å²) in [6, 6.07) is 1.78. The molecular weight excluding hydrogens is 232 g/mol. The number of oxazole rings is 1. The van der Waals surface area contributed by atoms with Crippen LogP contribution >= 0.6 is 0 Å². The summed E-state index contributed by atoms with van der Waals surface area (Å²) < 4.78 is 10.6. The third-order valence-corrected chi connectivity index (χ3v) is 2.20. The highest BCUT2D eigenvalue weighted by Crippen LogP contribution is 2.19. The Hall–Kier alpha value is -1.82. The molecule has 2 heterocycles. The largest absolute Gasteiger partial charge is 0.417 e. The van der Waals surface area contributed by atoms with E-state index in [0.29, 0.717) is 12.4 Å². The van der Waals surface area contributed by atoms with Crippen LogP contribution in [0, 0.1) is 6.92 Å². The fourth-order valence-corrected chi connectivity index (χ4v) is 1.31. The van der Waals surface area contributed by atoms with E-state index < -0.39 is 0 Å². The van der Waals surface area contributed by atoms with Crippen molar-refractivity contribution in [1.29, 1.82) is 0 Å². The second-order valence-electron chi connectivity index (χ2n) is 5.20. The van der Waals surface area contributed by atoms with E-state index in [1.807, 2.05) is 6.92 Å². The van der Waals surface area contributed by atoms with Crippen LogP contribution in [-0.2, 0) is 6.54 Å². The number of H-pyrrole nitrogens is 1. The first kappa shape index (κ1) is 12.6. The number of hydrogen-bond donors (Lipinski definition) is 2. The van der Waals surface area contributed by atoms with Crippen LogP contribution in [0.15, 0.2) is 16.7 Å². The lowest BCUT2D eigenvalue weighted by Crippen LogP contribution is -2.35. The van der Waals surface area contributed by atoms with Crippen molar-refractivity contribution in [1.82, 2.24) is 20.5 Å². The van der Waals surface area contributed by atoms with Crippen LogP contribution in [0.3, 0.4) is 0 Å². The summed E-state index contributed by atoms with van der Waals surface area (Å²) in [7, 11) is 0. The molecule has 0 spiro atoms. The Kier molecular flexibility index (Phi) is 3.38. The zero-order valence-corrected chi connectivity index (χ0v) is 11.1. The highest BCUT2D eigenvalue weighted by Gasteiger charge is 2.12. The average Bonchev–Trinajstić information content (AvgIpc) is 2.85. The topological polar surface area (TPSA) is 76.0 Å². The lowest BCUT2D eigenvalue weighted by molar-refractivity contribution is 0.321. The van der Waals surface area contributed by atoms with Crippen LogP contribution in [0.25, 0.3) is 0 Å². The van der Waals surface area contributed by atoms with Crippen molar-refractivity contribution >= 4 is 0 Å². The van der Waals surface area contributed by atoms with E-state index in [0.717, 1.165) is 11.4 Å². The number of rotatable bonds is 4. The van der Waals surface area contributed by atoms with Gasteiger partial charge in [-0.3, -0.25) is 5.10 Å². The number of aromatic amines is 1. The monoisotopic (exact) mass is 250 g/mol. The van der Waals surface area contributed by atoms with Gasteiger partial charge in [0.1, 0.15) is 6.26 Å². The van der Waals surface area contributed by atoms with E-state index in [4.69, 9.17) is 9.15 Å². The molecule has 0 aliphatic carbocycles. The number of nitrogens with one attached hydrogen (secondary N) is 2. The van der Waals surface area contributed by atoms with Crippen molar-refractivity contribution in [2.75, 3.05) is 0 Å². The fourth-order valence-electron chi connectivity index (χ4n) is 1.31. The second-order valence-corrected chi connectivity index (χ2v) is 5.20. The Morgan fingerprint density at radius 2 is 2.22 bits per heavy atom. The molecule has 0 bridgehead atoms. The lowest BCUT2D eigenvalue weighted by atomic mass is 10.1. The maximum absolute atomic E-state index is 5.36. The number of nitrogens with zero attached hydrogens (tertiary/aromatic N) is 2. The molecule has 0 radical (unpaired) electrons. The lowest BCUT2D eigenvalue weighted by Gasteiger charge is -2.19. The van der Waals surface area contributed by atoms with Gasteiger partial charge in [-0.2, -0.15) is 4.98 Å². The molecule has 2 rings (SSSR count). The fraction of sp³-hybridized carbons (Fsp3) is 0.500. The molecule has 0 amide bonds. The molecule has 0 aliphatic rings. The maximum Gasteiger partial charge on any atom is 0.400 e. The Morgan fingerprint density at radius 1 is 1.44 bits per heavy atom. The van der Waals surface area contributed by atoms with Gasteiger partial charge in [0.2, 0.25) is 5.88 Å². The minimum Gasteiger partial charge on any atom is -0.417 e. The van der Waals surface area contributed by atoms with E-state index in [-0.39, 0.29) is 11.6 Å². The van der Waals surface area contributed by atoms with Gasteiger partial charge < -0.3 is 14.5 Å². The average molecular weight is 250 g/mol. The SMILES string of the molecule is Cc1cc(Oc2nc(CNC(C)(C)C)co2)n[nH]1. The molecule has 0 aromatic carbocycles. The van der Waals surface area contributed by atoms with Crippen LogP contribution in [0.1, 0.15) is 32.2 Å². The van der Waals surface area contributed by atoms with Crippen LogP contribution in [-0.4, -0.2) is 20.7 Å². The van der Waals surface area contributed by atoms with Crippen LogP contribution < -0.4 is 10.1 Å². The summed E-state index contributed by atoms with van der Waals surface area (Å²) >= 11 is 0. The van der Waals surface area contributed by atoms with Crippen molar-refractivity contribution in [3.63, 3.8) is 0 Å². The third kappa shape index (κ3) is 3.59. The number of ether oxygens (including phenoxy) is 1. The minimum atomic E-state index is 0.0409. The summed E-state index contributed by atoms with van der Waals surface area (Å²) in [4.78, 5) is 4.21. The molecule has 0 saturated heterocycles. The Labute approximate surface area is 106 Å². The van der Waals surface area contributed by atoms with Crippen molar-refractivity contribution in [3.05, 3.63) is 23.7 Å². The van der Waals surface area contributed by atoms with Gasteiger partial charge in [0.15, 0.2) is 0 Å². The molecule has 0 aliphatic heterocycles. The number of hydrogen-bond acceptors (Lipinski definition) is 5. The third-order valence-electron chi connectivity index (χ3n) is 2.20. The van der Waals surface area contributed by atoms with E-state index >= 15 is 0 Å². The molecule has 98 valence electrons. The molecule has 6 nitrogen and oxygen atoms in total. The molecule has 18 heavy (non-hydrogen) atoms. The quantitative estimate of drug-likeness (QED) is 0.871. The maximum atomic E-state index is 5.36. The van der Waals surface area contributed by atoms with E-state index in [1.54, 1.807) is 12.3 Å². The normalized spacial score (nSPS) is 11.8. The van der Waals surface area contributed by atoms with Gasteiger partial charge in [-0.05, 0) is 27.7 Å². The van der Waals surface area contributed by atoms with Gasteiger partial charge in [-0.15, -0.1) is 5.10 Å². The Balaban J connectivity index is 1.94. The van der Waals surface area contributed by atoms with Gasteiger partial charge >= 0.3 is 6.08 Å². The smallest absolute Gasteiger partial charge is 0.400 e. The molecule has 0 unspecified atom stereocenters. The molecule has 2 aromatic rings. The first-order valence-electron chi connectivity index (χ1n) is 5.82. The molecular formula is C12H18N4O2. The van der Waals surface area contributed by atoms with Gasteiger partial charge in [-0.1, -0.05) is 0 Å². The van der Waals surface area contributed by atoms with Gasteiger partial charge in [0.25, 0.3) is 0 Å². The Morgan fingerprint density at radius 3 is 2.83 bits per heavy atom. The molecule has 2 aromatic heterocycles. The van der Waals surface area contributed by atoms with Crippen LogP contribution in [0.4, 0.5) is 0 Å². The van der Waals surface area contributed by atoms with Crippen LogP contribution in [0.5, 0.6) is 12.0 Å². The standard InChI is InChI=1S/C12H18N4O2/c1-8-5-10(16-15-8)18-11-14-9(7-17-11)6-13-12(2,3)4/h5,7,13H,6H2,1-4H3,(H,15,16). The summed E-state index contributed by atoms with van der Waals surface area (Å²) in [5.74, 6) is 0.449. The van der Waals surface area contributed by atoms with E-state index in [1.165, 1.54) is 0 Å². The Bertz CT molecular complexity index is 510. The van der Waals surface area contributed by atoms with Gasteiger partial charge in [0, 0.05) is 23.8 Å². The highest BCUT2D eigenvalue weighted by molar-refractivity contribution is 5.16. The first-order chi connectivity index (χ1) is 8.42. The predicted octanol–water partition coefficient (Wildman–Crippen LogP) is 2.39. The van der Waals surface area contributed by atoms with Crippen molar-refractivity contribution < 1.29 is 9.15 Å². The summed E-state index contributed by atoms with van der Waals surface area (Å²) in [6.07, 6.45) is 1.78. The molecule has 0 saturated carbocycles. The summed E-state index contributed by atoms with van der Waals surface area (Å²) in [6.45, 7) is 8.81.